The molecule has 2 nitrogen and oxygen atoms in total. The minimum absolute atomic E-state index is 0.475. The summed E-state index contributed by atoms with van der Waals surface area (Å²) in [7, 11) is 1.68. The van der Waals surface area contributed by atoms with E-state index in [4.69, 9.17) is 22.1 Å². The fourth-order valence-electron chi connectivity index (χ4n) is 2.39. The van der Waals surface area contributed by atoms with Crippen LogP contribution in [0, 0.1) is 13.8 Å². The standard InChI is InChI=1S/C16H18ClNO/c1-10-6-11(2)16(15(7-10)19-3)14-8-13(17)5-4-12(14)9-18/h4-8H,9,18H2,1-3H3. The van der Waals surface area contributed by atoms with Crippen molar-refractivity contribution < 1.29 is 4.74 Å². The van der Waals surface area contributed by atoms with E-state index in [2.05, 4.69) is 19.9 Å². The van der Waals surface area contributed by atoms with Crippen molar-refractivity contribution >= 4 is 11.6 Å². The van der Waals surface area contributed by atoms with E-state index in [9.17, 15) is 0 Å². The maximum absolute atomic E-state index is 6.12. The van der Waals surface area contributed by atoms with Crippen LogP contribution in [0.15, 0.2) is 30.3 Å². The average molecular weight is 276 g/mol. The van der Waals surface area contributed by atoms with Gasteiger partial charge in [0.2, 0.25) is 0 Å². The summed E-state index contributed by atoms with van der Waals surface area (Å²) in [4.78, 5) is 0. The lowest BCUT2D eigenvalue weighted by atomic mass is 9.93. The predicted octanol–water partition coefficient (Wildman–Crippen LogP) is 4.09. The number of benzene rings is 2. The van der Waals surface area contributed by atoms with E-state index < -0.39 is 0 Å². The normalized spacial score (nSPS) is 10.6. The van der Waals surface area contributed by atoms with Gasteiger partial charge in [0.25, 0.3) is 0 Å². The molecule has 0 aliphatic heterocycles. The highest BCUT2D eigenvalue weighted by Crippen LogP contribution is 2.37. The zero-order valence-corrected chi connectivity index (χ0v) is 12.2. The first kappa shape index (κ1) is 13.9. The van der Waals surface area contributed by atoms with Crippen LogP contribution in [0.1, 0.15) is 16.7 Å². The molecule has 19 heavy (non-hydrogen) atoms. The third-order valence-electron chi connectivity index (χ3n) is 3.22. The van der Waals surface area contributed by atoms with E-state index in [0.717, 1.165) is 28.0 Å². The van der Waals surface area contributed by atoms with Gasteiger partial charge in [-0.05, 0) is 54.3 Å². The second-order valence-corrected chi connectivity index (χ2v) is 5.10. The van der Waals surface area contributed by atoms with Crippen LogP contribution >= 0.6 is 11.6 Å². The molecule has 2 N–H and O–H groups in total. The van der Waals surface area contributed by atoms with Gasteiger partial charge >= 0.3 is 0 Å². The average Bonchev–Trinajstić information content (AvgIpc) is 2.37. The van der Waals surface area contributed by atoms with E-state index in [-0.39, 0.29) is 0 Å². The molecule has 0 heterocycles. The van der Waals surface area contributed by atoms with Crippen LogP contribution in [0.2, 0.25) is 5.02 Å². The predicted molar refractivity (Wildman–Crippen MR) is 80.8 cm³/mol. The molecule has 0 amide bonds. The number of methoxy groups -OCH3 is 1. The Balaban J connectivity index is 2.74. The summed E-state index contributed by atoms with van der Waals surface area (Å²) in [6.45, 7) is 4.61. The van der Waals surface area contributed by atoms with Crippen molar-refractivity contribution in [3.05, 3.63) is 52.0 Å². The minimum Gasteiger partial charge on any atom is -0.496 e. The molecule has 3 heteroatoms. The van der Waals surface area contributed by atoms with E-state index in [1.165, 1.54) is 5.56 Å². The van der Waals surface area contributed by atoms with Crippen molar-refractivity contribution in [2.24, 2.45) is 5.73 Å². The number of aryl methyl sites for hydroxylation is 2. The molecular formula is C16H18ClNO. The van der Waals surface area contributed by atoms with Crippen molar-refractivity contribution in [3.8, 4) is 16.9 Å². The number of hydrogen-bond donors (Lipinski definition) is 1. The number of hydrogen-bond acceptors (Lipinski definition) is 2. The molecule has 0 radical (unpaired) electrons. The molecule has 0 atom stereocenters. The highest BCUT2D eigenvalue weighted by Gasteiger charge is 2.13. The summed E-state index contributed by atoms with van der Waals surface area (Å²) in [5.41, 5.74) is 11.3. The molecule has 2 rings (SSSR count). The third kappa shape index (κ3) is 2.75. The van der Waals surface area contributed by atoms with E-state index in [1.54, 1.807) is 7.11 Å². The molecule has 0 spiro atoms. The van der Waals surface area contributed by atoms with Crippen LogP contribution in [-0.2, 0) is 6.54 Å². The van der Waals surface area contributed by atoms with Crippen molar-refractivity contribution in [3.63, 3.8) is 0 Å². The minimum atomic E-state index is 0.475. The van der Waals surface area contributed by atoms with Gasteiger partial charge in [-0.3, -0.25) is 0 Å². The van der Waals surface area contributed by atoms with Crippen LogP contribution in [0.4, 0.5) is 0 Å². The SMILES string of the molecule is COc1cc(C)cc(C)c1-c1cc(Cl)ccc1CN. The number of ether oxygens (including phenoxy) is 1. The van der Waals surface area contributed by atoms with Gasteiger partial charge in [0.15, 0.2) is 0 Å². The van der Waals surface area contributed by atoms with Crippen LogP contribution in [0.25, 0.3) is 11.1 Å². The van der Waals surface area contributed by atoms with Crippen molar-refractivity contribution in [2.75, 3.05) is 7.11 Å². The Morgan fingerprint density at radius 3 is 2.53 bits per heavy atom. The molecule has 0 saturated carbocycles. The first-order valence-electron chi connectivity index (χ1n) is 6.21. The zero-order valence-electron chi connectivity index (χ0n) is 11.5. The van der Waals surface area contributed by atoms with Crippen LogP contribution < -0.4 is 10.5 Å². The summed E-state index contributed by atoms with van der Waals surface area (Å²) in [6, 6.07) is 9.95. The summed E-state index contributed by atoms with van der Waals surface area (Å²) in [6.07, 6.45) is 0. The smallest absolute Gasteiger partial charge is 0.127 e. The number of halogens is 1. The number of nitrogens with two attached hydrogens (primary N) is 1. The lowest BCUT2D eigenvalue weighted by Gasteiger charge is -2.16. The summed E-state index contributed by atoms with van der Waals surface area (Å²) >= 11 is 6.12. The molecule has 0 fully saturated rings. The van der Waals surface area contributed by atoms with E-state index in [0.29, 0.717) is 11.6 Å². The molecule has 0 unspecified atom stereocenters. The molecule has 100 valence electrons. The number of rotatable bonds is 3. The van der Waals surface area contributed by atoms with Crippen LogP contribution in [0.3, 0.4) is 0 Å². The first-order chi connectivity index (χ1) is 9.06. The Labute approximate surface area is 119 Å². The Hall–Kier alpha value is -1.51. The molecule has 0 aromatic heterocycles. The third-order valence-corrected chi connectivity index (χ3v) is 3.46. The molecule has 2 aromatic carbocycles. The van der Waals surface area contributed by atoms with Gasteiger partial charge in [0, 0.05) is 17.1 Å². The van der Waals surface area contributed by atoms with Gasteiger partial charge in [0.05, 0.1) is 7.11 Å². The maximum atomic E-state index is 6.12. The van der Waals surface area contributed by atoms with Gasteiger partial charge in [-0.1, -0.05) is 23.7 Å². The highest BCUT2D eigenvalue weighted by atomic mass is 35.5. The van der Waals surface area contributed by atoms with Gasteiger partial charge < -0.3 is 10.5 Å². The molecule has 2 aromatic rings. The highest BCUT2D eigenvalue weighted by molar-refractivity contribution is 6.30. The van der Waals surface area contributed by atoms with Gasteiger partial charge in [-0.2, -0.15) is 0 Å². The summed E-state index contributed by atoms with van der Waals surface area (Å²) in [5, 5.41) is 0.703. The zero-order chi connectivity index (χ0) is 14.0. The Kier molecular flexibility index (Phi) is 4.13. The lowest BCUT2D eigenvalue weighted by molar-refractivity contribution is 0.416. The Morgan fingerprint density at radius 2 is 1.89 bits per heavy atom. The first-order valence-corrected chi connectivity index (χ1v) is 6.58. The van der Waals surface area contributed by atoms with Gasteiger partial charge in [0.1, 0.15) is 5.75 Å². The lowest BCUT2D eigenvalue weighted by Crippen LogP contribution is -2.01. The summed E-state index contributed by atoms with van der Waals surface area (Å²) in [5.74, 6) is 0.856. The van der Waals surface area contributed by atoms with Crippen LogP contribution in [0.5, 0.6) is 5.75 Å². The fraction of sp³-hybridized carbons (Fsp3) is 0.250. The largest absolute Gasteiger partial charge is 0.496 e. The molecule has 0 aliphatic rings. The monoisotopic (exact) mass is 275 g/mol. The van der Waals surface area contributed by atoms with Gasteiger partial charge in [-0.15, -0.1) is 0 Å². The fourth-order valence-corrected chi connectivity index (χ4v) is 2.57. The molecule has 0 bridgehead atoms. The van der Waals surface area contributed by atoms with Gasteiger partial charge in [-0.25, -0.2) is 0 Å². The maximum Gasteiger partial charge on any atom is 0.127 e. The van der Waals surface area contributed by atoms with Crippen molar-refractivity contribution in [1.82, 2.24) is 0 Å². The van der Waals surface area contributed by atoms with E-state index in [1.807, 2.05) is 24.3 Å². The van der Waals surface area contributed by atoms with Crippen molar-refractivity contribution in [1.29, 1.82) is 0 Å². The molecule has 0 saturated heterocycles. The summed E-state index contributed by atoms with van der Waals surface area (Å²) < 4.78 is 5.52. The topological polar surface area (TPSA) is 35.2 Å². The Bertz CT molecular complexity index is 608. The van der Waals surface area contributed by atoms with E-state index >= 15 is 0 Å². The van der Waals surface area contributed by atoms with Crippen molar-refractivity contribution in [2.45, 2.75) is 20.4 Å². The Morgan fingerprint density at radius 1 is 1.16 bits per heavy atom. The van der Waals surface area contributed by atoms with Crippen LogP contribution in [-0.4, -0.2) is 7.11 Å². The quantitative estimate of drug-likeness (QED) is 0.916. The second-order valence-electron chi connectivity index (χ2n) is 4.66. The molecular weight excluding hydrogens is 258 g/mol. The molecule has 0 aliphatic carbocycles. The second kappa shape index (κ2) is 5.64.